The summed E-state index contributed by atoms with van der Waals surface area (Å²) in [6, 6.07) is 1.79. The molecule has 0 radical (unpaired) electrons. The van der Waals surface area contributed by atoms with E-state index in [4.69, 9.17) is 0 Å². The maximum Gasteiger partial charge on any atom is 0.182 e. The molecule has 2 aromatic heterocycles. The van der Waals surface area contributed by atoms with Crippen molar-refractivity contribution in [2.45, 2.75) is 6.42 Å². The van der Waals surface area contributed by atoms with Crippen LogP contribution in [0.1, 0.15) is 15.5 Å². The molecule has 8 heteroatoms. The lowest BCUT2D eigenvalue weighted by atomic mass is 10.2. The van der Waals surface area contributed by atoms with E-state index in [2.05, 4.69) is 47.3 Å². The average Bonchev–Trinajstić information content (AvgIpc) is 2.75. The van der Waals surface area contributed by atoms with Gasteiger partial charge < -0.3 is 0 Å². The minimum Gasteiger partial charge on any atom is -0.293 e. The van der Waals surface area contributed by atoms with Crippen molar-refractivity contribution in [3.8, 4) is 0 Å². The minimum atomic E-state index is -0.00981. The van der Waals surface area contributed by atoms with Crippen molar-refractivity contribution in [1.29, 1.82) is 0 Å². The maximum absolute atomic E-state index is 11.8. The van der Waals surface area contributed by atoms with Gasteiger partial charge in [0.05, 0.1) is 22.1 Å². The molecule has 2 aromatic rings. The Balaban J connectivity index is 2.14. The SMILES string of the molecule is Cn1nnc(CC(=O)c2cc(Br)c(Br)s2)n1. The Kier molecular flexibility index (Phi) is 3.50. The number of hydrogen-bond acceptors (Lipinski definition) is 5. The number of halogens is 2. The minimum absolute atomic E-state index is 0.00981. The second-order valence-corrected chi connectivity index (χ2v) is 6.25. The number of hydrogen-bond donors (Lipinski definition) is 0. The summed E-state index contributed by atoms with van der Waals surface area (Å²) in [5.41, 5.74) is 0. The van der Waals surface area contributed by atoms with Gasteiger partial charge in [-0.15, -0.1) is 21.5 Å². The smallest absolute Gasteiger partial charge is 0.182 e. The van der Waals surface area contributed by atoms with Crippen LogP contribution in [0.15, 0.2) is 14.3 Å². The van der Waals surface area contributed by atoms with Gasteiger partial charge >= 0.3 is 0 Å². The Morgan fingerprint density at radius 1 is 1.56 bits per heavy atom. The van der Waals surface area contributed by atoms with Crippen LogP contribution in [0.2, 0.25) is 0 Å². The van der Waals surface area contributed by atoms with Gasteiger partial charge in [-0.1, -0.05) is 0 Å². The van der Waals surface area contributed by atoms with E-state index >= 15 is 0 Å². The van der Waals surface area contributed by atoms with Crippen molar-refractivity contribution in [2.75, 3.05) is 0 Å². The molecule has 0 bridgehead atoms. The average molecular weight is 366 g/mol. The lowest BCUT2D eigenvalue weighted by molar-refractivity contribution is 0.0994. The second kappa shape index (κ2) is 4.72. The Morgan fingerprint density at radius 3 is 2.81 bits per heavy atom. The molecular weight excluding hydrogens is 360 g/mol. The molecule has 0 fully saturated rings. The van der Waals surface area contributed by atoms with E-state index in [1.54, 1.807) is 13.1 Å². The van der Waals surface area contributed by atoms with Gasteiger partial charge in [0.2, 0.25) is 0 Å². The number of carbonyl (C=O) groups excluding carboxylic acids is 1. The first-order valence-electron chi connectivity index (χ1n) is 4.27. The summed E-state index contributed by atoms with van der Waals surface area (Å²) in [4.78, 5) is 13.8. The third kappa shape index (κ3) is 2.55. The predicted molar refractivity (Wildman–Crippen MR) is 66.6 cm³/mol. The molecular formula is C8H6Br2N4OS. The van der Waals surface area contributed by atoms with Crippen molar-refractivity contribution in [3.05, 3.63) is 25.0 Å². The molecule has 16 heavy (non-hydrogen) atoms. The Hall–Kier alpha value is -0.600. The molecule has 2 heterocycles. The first-order chi connectivity index (χ1) is 7.56. The van der Waals surface area contributed by atoms with Crippen LogP contribution in [0, 0.1) is 0 Å². The van der Waals surface area contributed by atoms with E-state index in [9.17, 15) is 4.79 Å². The summed E-state index contributed by atoms with van der Waals surface area (Å²) in [5.74, 6) is 0.428. The van der Waals surface area contributed by atoms with Crippen LogP contribution in [0.25, 0.3) is 0 Å². The fraction of sp³-hybridized carbons (Fsp3) is 0.250. The van der Waals surface area contributed by atoms with E-state index in [0.29, 0.717) is 10.7 Å². The van der Waals surface area contributed by atoms with Crippen LogP contribution in [-0.4, -0.2) is 26.0 Å². The highest BCUT2D eigenvalue weighted by atomic mass is 79.9. The fourth-order valence-corrected chi connectivity index (χ4v) is 3.08. The largest absolute Gasteiger partial charge is 0.293 e. The summed E-state index contributed by atoms with van der Waals surface area (Å²) < 4.78 is 1.79. The topological polar surface area (TPSA) is 60.7 Å². The number of ketones is 1. The highest BCUT2D eigenvalue weighted by Gasteiger charge is 2.14. The molecule has 2 rings (SSSR count). The highest BCUT2D eigenvalue weighted by molar-refractivity contribution is 9.13. The molecule has 0 atom stereocenters. The number of thiophene rings is 1. The molecule has 0 aliphatic rings. The van der Waals surface area contributed by atoms with Crippen molar-refractivity contribution in [3.63, 3.8) is 0 Å². The number of aromatic nitrogens is 4. The van der Waals surface area contributed by atoms with Crippen LogP contribution in [-0.2, 0) is 13.5 Å². The first kappa shape index (κ1) is 11.9. The molecule has 5 nitrogen and oxygen atoms in total. The summed E-state index contributed by atoms with van der Waals surface area (Å²) >= 11 is 8.07. The van der Waals surface area contributed by atoms with Crippen LogP contribution in [0.4, 0.5) is 0 Å². The van der Waals surface area contributed by atoms with Gasteiger partial charge in [0.25, 0.3) is 0 Å². The number of carbonyl (C=O) groups is 1. The fourth-order valence-electron chi connectivity index (χ4n) is 1.11. The number of rotatable bonds is 3. The maximum atomic E-state index is 11.8. The molecule has 0 amide bonds. The molecule has 0 spiro atoms. The summed E-state index contributed by atoms with van der Waals surface area (Å²) in [6.45, 7) is 0. The summed E-state index contributed by atoms with van der Waals surface area (Å²) in [5, 5.41) is 11.4. The van der Waals surface area contributed by atoms with Crippen LogP contribution >= 0.6 is 43.2 Å². The van der Waals surface area contributed by atoms with E-state index in [1.807, 2.05) is 0 Å². The zero-order valence-electron chi connectivity index (χ0n) is 8.15. The van der Waals surface area contributed by atoms with E-state index in [0.717, 1.165) is 8.26 Å². The molecule has 0 saturated carbocycles. The predicted octanol–water partition coefficient (Wildman–Crippen LogP) is 2.22. The molecule has 0 saturated heterocycles. The van der Waals surface area contributed by atoms with Gasteiger partial charge in [-0.2, -0.15) is 4.80 Å². The van der Waals surface area contributed by atoms with Crippen LogP contribution < -0.4 is 0 Å². The quantitative estimate of drug-likeness (QED) is 0.782. The normalized spacial score (nSPS) is 10.7. The van der Waals surface area contributed by atoms with Crippen molar-refractivity contribution >= 4 is 49.0 Å². The standard InChI is InChI=1S/C8H6Br2N4OS/c1-14-12-7(11-13-14)3-5(15)6-2-4(9)8(10)16-6/h2H,3H2,1H3. The van der Waals surface area contributed by atoms with Gasteiger partial charge in [-0.3, -0.25) is 4.79 Å². The highest BCUT2D eigenvalue weighted by Crippen LogP contribution is 2.32. The lowest BCUT2D eigenvalue weighted by Crippen LogP contribution is -2.03. The molecule has 0 aliphatic heterocycles. The molecule has 0 N–H and O–H groups in total. The Bertz CT molecular complexity index is 516. The van der Waals surface area contributed by atoms with Crippen LogP contribution in [0.3, 0.4) is 0 Å². The van der Waals surface area contributed by atoms with Gasteiger partial charge in [-0.05, 0) is 43.1 Å². The zero-order chi connectivity index (χ0) is 11.7. The van der Waals surface area contributed by atoms with Gasteiger partial charge in [-0.25, -0.2) is 0 Å². The third-order valence-corrected chi connectivity index (χ3v) is 5.09. The first-order valence-corrected chi connectivity index (χ1v) is 6.67. The van der Waals surface area contributed by atoms with Crippen molar-refractivity contribution < 1.29 is 4.79 Å². The van der Waals surface area contributed by atoms with Crippen molar-refractivity contribution in [1.82, 2.24) is 20.2 Å². The number of aryl methyl sites for hydroxylation is 1. The van der Waals surface area contributed by atoms with Crippen molar-refractivity contribution in [2.24, 2.45) is 7.05 Å². The van der Waals surface area contributed by atoms with Gasteiger partial charge in [0.1, 0.15) is 0 Å². The lowest BCUT2D eigenvalue weighted by Gasteiger charge is -1.91. The Labute approximate surface area is 112 Å². The third-order valence-electron chi connectivity index (χ3n) is 1.79. The van der Waals surface area contributed by atoms with E-state index in [-0.39, 0.29) is 12.2 Å². The van der Waals surface area contributed by atoms with E-state index in [1.165, 1.54) is 16.1 Å². The summed E-state index contributed by atoms with van der Waals surface area (Å²) in [7, 11) is 1.67. The monoisotopic (exact) mass is 364 g/mol. The number of Topliss-reactive ketones (excluding diaryl/α,β-unsaturated/α-hetero) is 1. The second-order valence-electron chi connectivity index (χ2n) is 3.03. The molecule has 84 valence electrons. The summed E-state index contributed by atoms with van der Waals surface area (Å²) in [6.07, 6.45) is 0.174. The molecule has 0 unspecified atom stereocenters. The van der Waals surface area contributed by atoms with E-state index < -0.39 is 0 Å². The Morgan fingerprint density at radius 2 is 2.31 bits per heavy atom. The molecule has 0 aromatic carbocycles. The van der Waals surface area contributed by atoms with Gasteiger partial charge in [0, 0.05) is 4.47 Å². The molecule has 0 aliphatic carbocycles. The van der Waals surface area contributed by atoms with Gasteiger partial charge in [0.15, 0.2) is 11.6 Å². The van der Waals surface area contributed by atoms with Crippen LogP contribution in [0.5, 0.6) is 0 Å². The number of tetrazole rings is 1. The number of nitrogens with zero attached hydrogens (tertiary/aromatic N) is 4. The zero-order valence-corrected chi connectivity index (χ0v) is 12.1.